The van der Waals surface area contributed by atoms with Crippen molar-refractivity contribution in [3.63, 3.8) is 0 Å². The van der Waals surface area contributed by atoms with Crippen LogP contribution in [0.3, 0.4) is 0 Å². The molecule has 3 rings (SSSR count). The van der Waals surface area contributed by atoms with E-state index in [4.69, 9.17) is 5.14 Å². The number of nitrogens with two attached hydrogens (primary N) is 1. The lowest BCUT2D eigenvalue weighted by molar-refractivity contribution is 0.102. The predicted molar refractivity (Wildman–Crippen MR) is 93.8 cm³/mol. The molecule has 1 aliphatic carbocycles. The quantitative estimate of drug-likeness (QED) is 0.872. The molecule has 1 amide bonds. The van der Waals surface area contributed by atoms with Crippen LogP contribution in [0.1, 0.15) is 39.8 Å². The summed E-state index contributed by atoms with van der Waals surface area (Å²) in [7, 11) is -3.85. The molecule has 6 nitrogen and oxygen atoms in total. The summed E-state index contributed by atoms with van der Waals surface area (Å²) in [4.78, 5) is 18.1. The number of carbonyl (C=O) groups excluding carboxylic acids is 1. The Labute approximate surface area is 145 Å². The molecule has 0 aliphatic heterocycles. The lowest BCUT2D eigenvalue weighted by Gasteiger charge is -2.15. The number of sulfonamides is 1. The number of nitrogens with one attached hydrogen (secondary N) is 1. The topological polar surface area (TPSA) is 102 Å². The van der Waals surface area contributed by atoms with Gasteiger partial charge in [-0.1, -0.05) is 13.0 Å². The maximum absolute atomic E-state index is 12.5. The lowest BCUT2D eigenvalue weighted by Crippen LogP contribution is -2.17. The molecule has 1 aromatic heterocycles. The van der Waals surface area contributed by atoms with Gasteiger partial charge >= 0.3 is 0 Å². The summed E-state index contributed by atoms with van der Waals surface area (Å²) in [5.41, 5.74) is 2.02. The minimum absolute atomic E-state index is 0.0782. The van der Waals surface area contributed by atoms with Crippen LogP contribution in [-0.4, -0.2) is 19.3 Å². The third-order valence-corrected chi connectivity index (χ3v) is 6.14. The van der Waals surface area contributed by atoms with Crippen molar-refractivity contribution in [3.05, 3.63) is 39.9 Å². The van der Waals surface area contributed by atoms with Crippen LogP contribution in [-0.2, 0) is 22.9 Å². The Morgan fingerprint density at radius 1 is 1.42 bits per heavy atom. The van der Waals surface area contributed by atoms with Gasteiger partial charge in [-0.15, -0.1) is 11.3 Å². The Bertz CT molecular complexity index is 903. The van der Waals surface area contributed by atoms with Crippen LogP contribution in [0.15, 0.2) is 23.1 Å². The Hall–Kier alpha value is -1.77. The van der Waals surface area contributed by atoms with Gasteiger partial charge in [0.1, 0.15) is 0 Å². The number of aromatic nitrogens is 1. The third-order valence-electron chi connectivity index (χ3n) is 4.19. The highest BCUT2D eigenvalue weighted by Crippen LogP contribution is 2.32. The molecule has 8 heteroatoms. The molecule has 2 aromatic rings. The van der Waals surface area contributed by atoms with Crippen molar-refractivity contribution in [2.75, 3.05) is 5.32 Å². The largest absolute Gasteiger partial charge is 0.298 e. The van der Waals surface area contributed by atoms with E-state index in [9.17, 15) is 13.2 Å². The molecule has 0 fully saturated rings. The third kappa shape index (κ3) is 3.50. The zero-order chi connectivity index (χ0) is 17.5. The van der Waals surface area contributed by atoms with Crippen molar-refractivity contribution in [1.82, 2.24) is 4.98 Å². The van der Waals surface area contributed by atoms with Crippen LogP contribution in [0.5, 0.6) is 0 Å². The first kappa shape index (κ1) is 17.1. The minimum Gasteiger partial charge on any atom is -0.298 e. The second-order valence-electron chi connectivity index (χ2n) is 6.21. The fraction of sp³-hybridized carbons (Fsp3) is 0.375. The molecule has 0 saturated heterocycles. The zero-order valence-electron chi connectivity index (χ0n) is 13.5. The number of aryl methyl sites for hydroxylation is 2. The summed E-state index contributed by atoms with van der Waals surface area (Å²) in [6, 6.07) is 4.27. The van der Waals surface area contributed by atoms with Gasteiger partial charge in [-0.05, 0) is 49.8 Å². The standard InChI is InChI=1S/C16H19N3O3S2/c1-9-3-6-13-14(7-9)23-16(18-13)19-15(20)12-8-11(24(17,21)22)5-4-10(12)2/h4-5,8-9H,3,6-7H2,1-2H3,(H2,17,21,22)(H,18,19,20)/t9-/m0/s1. The van der Waals surface area contributed by atoms with Gasteiger partial charge in [-0.25, -0.2) is 18.5 Å². The Morgan fingerprint density at radius 2 is 2.17 bits per heavy atom. The van der Waals surface area contributed by atoms with Crippen molar-refractivity contribution in [3.8, 4) is 0 Å². The van der Waals surface area contributed by atoms with Crippen LogP contribution in [0.4, 0.5) is 5.13 Å². The van der Waals surface area contributed by atoms with Gasteiger partial charge in [-0.2, -0.15) is 0 Å². The fourth-order valence-electron chi connectivity index (χ4n) is 2.78. The van der Waals surface area contributed by atoms with Gasteiger partial charge < -0.3 is 0 Å². The number of hydrogen-bond acceptors (Lipinski definition) is 5. The summed E-state index contributed by atoms with van der Waals surface area (Å²) in [6.07, 6.45) is 3.03. The number of thiazole rings is 1. The van der Waals surface area contributed by atoms with Crippen molar-refractivity contribution in [1.29, 1.82) is 0 Å². The van der Waals surface area contributed by atoms with Gasteiger partial charge in [0.05, 0.1) is 10.6 Å². The molecule has 0 bridgehead atoms. The van der Waals surface area contributed by atoms with Crippen molar-refractivity contribution < 1.29 is 13.2 Å². The highest BCUT2D eigenvalue weighted by molar-refractivity contribution is 7.89. The summed E-state index contributed by atoms with van der Waals surface area (Å²) >= 11 is 1.49. The Balaban J connectivity index is 1.85. The van der Waals surface area contributed by atoms with Gasteiger partial charge in [0, 0.05) is 10.4 Å². The lowest BCUT2D eigenvalue weighted by atomic mass is 9.93. The molecule has 1 aromatic carbocycles. The Kier molecular flexibility index (Phi) is 4.46. The number of benzene rings is 1. The summed E-state index contributed by atoms with van der Waals surface area (Å²) < 4.78 is 23.0. The first-order chi connectivity index (χ1) is 11.2. The Morgan fingerprint density at radius 3 is 2.88 bits per heavy atom. The molecule has 0 saturated carbocycles. The van der Waals surface area contributed by atoms with Crippen LogP contribution in [0, 0.1) is 12.8 Å². The van der Waals surface area contributed by atoms with E-state index < -0.39 is 10.0 Å². The van der Waals surface area contributed by atoms with Crippen molar-refractivity contribution >= 4 is 32.4 Å². The minimum atomic E-state index is -3.85. The molecular weight excluding hydrogens is 346 g/mol. The number of nitrogens with zero attached hydrogens (tertiary/aromatic N) is 1. The van der Waals surface area contributed by atoms with Crippen LogP contribution in [0.25, 0.3) is 0 Å². The van der Waals surface area contributed by atoms with Crippen LogP contribution < -0.4 is 10.5 Å². The number of carbonyl (C=O) groups is 1. The van der Waals surface area contributed by atoms with E-state index in [1.54, 1.807) is 13.0 Å². The fourth-order valence-corrected chi connectivity index (χ4v) is 4.49. The number of primary sulfonamides is 1. The molecule has 1 aliphatic rings. The van der Waals surface area contributed by atoms with E-state index in [2.05, 4.69) is 17.2 Å². The molecule has 128 valence electrons. The molecule has 1 atom stereocenters. The summed E-state index contributed by atoms with van der Waals surface area (Å²) in [5.74, 6) is 0.257. The van der Waals surface area contributed by atoms with Crippen molar-refractivity contribution in [2.24, 2.45) is 11.1 Å². The van der Waals surface area contributed by atoms with Crippen LogP contribution >= 0.6 is 11.3 Å². The SMILES string of the molecule is Cc1ccc(S(N)(=O)=O)cc1C(=O)Nc1nc2c(s1)C[C@@H](C)CC2. The molecule has 0 radical (unpaired) electrons. The van der Waals surface area contributed by atoms with Crippen molar-refractivity contribution in [2.45, 2.75) is 38.0 Å². The predicted octanol–water partition coefficient (Wildman–Crippen LogP) is 2.48. The van der Waals surface area contributed by atoms with E-state index in [1.165, 1.54) is 28.3 Å². The number of rotatable bonds is 3. The highest BCUT2D eigenvalue weighted by Gasteiger charge is 2.21. The van der Waals surface area contributed by atoms with Gasteiger partial charge in [-0.3, -0.25) is 10.1 Å². The summed E-state index contributed by atoms with van der Waals surface area (Å²) in [6.45, 7) is 3.96. The van der Waals surface area contributed by atoms with E-state index in [0.29, 0.717) is 16.6 Å². The average Bonchev–Trinajstić information content (AvgIpc) is 2.87. The van der Waals surface area contributed by atoms with E-state index >= 15 is 0 Å². The highest BCUT2D eigenvalue weighted by atomic mass is 32.2. The number of anilines is 1. The van der Waals surface area contributed by atoms with Crippen LogP contribution in [0.2, 0.25) is 0 Å². The summed E-state index contributed by atoms with van der Waals surface area (Å²) in [5, 5.41) is 8.48. The number of amides is 1. The van der Waals surface area contributed by atoms with Gasteiger partial charge in [0.25, 0.3) is 5.91 Å². The molecule has 24 heavy (non-hydrogen) atoms. The molecule has 0 unspecified atom stereocenters. The molecule has 1 heterocycles. The van der Waals surface area contributed by atoms with E-state index in [1.807, 2.05) is 0 Å². The van der Waals surface area contributed by atoms with E-state index in [0.717, 1.165) is 25.0 Å². The second kappa shape index (κ2) is 6.27. The monoisotopic (exact) mass is 365 g/mol. The molecule has 3 N–H and O–H groups in total. The van der Waals surface area contributed by atoms with E-state index in [-0.39, 0.29) is 16.4 Å². The smallest absolute Gasteiger partial charge is 0.257 e. The zero-order valence-corrected chi connectivity index (χ0v) is 15.1. The van der Waals surface area contributed by atoms with Gasteiger partial charge in [0.15, 0.2) is 5.13 Å². The first-order valence-corrected chi connectivity index (χ1v) is 10.0. The van der Waals surface area contributed by atoms with Gasteiger partial charge in [0.2, 0.25) is 10.0 Å². The average molecular weight is 365 g/mol. The number of hydrogen-bond donors (Lipinski definition) is 2. The maximum Gasteiger partial charge on any atom is 0.257 e. The molecule has 0 spiro atoms. The maximum atomic E-state index is 12.5. The normalized spacial score (nSPS) is 17.4. The first-order valence-electron chi connectivity index (χ1n) is 7.67. The number of fused-ring (bicyclic) bond motifs is 1. The second-order valence-corrected chi connectivity index (χ2v) is 8.86. The molecular formula is C16H19N3O3S2.